The summed E-state index contributed by atoms with van der Waals surface area (Å²) in [6.07, 6.45) is 8.04. The van der Waals surface area contributed by atoms with Gasteiger partial charge in [0.25, 0.3) is 0 Å². The minimum atomic E-state index is -0.978. The Morgan fingerprint density at radius 1 is 1.19 bits per heavy atom. The Hall–Kier alpha value is -0.460. The summed E-state index contributed by atoms with van der Waals surface area (Å²) in [7, 11) is 0. The summed E-state index contributed by atoms with van der Waals surface area (Å²) in [5.74, 6) is 0. The van der Waals surface area contributed by atoms with E-state index in [9.17, 15) is 15.3 Å². The summed E-state index contributed by atoms with van der Waals surface area (Å²) < 4.78 is 10.9. The van der Waals surface area contributed by atoms with Crippen LogP contribution in [0, 0.1) is 0 Å². The third-order valence-corrected chi connectivity index (χ3v) is 3.82. The van der Waals surface area contributed by atoms with Gasteiger partial charge in [-0.15, -0.1) is 0 Å². The summed E-state index contributed by atoms with van der Waals surface area (Å²) in [5, 5.41) is 28.5. The van der Waals surface area contributed by atoms with Crippen molar-refractivity contribution in [2.24, 2.45) is 0 Å². The SMILES string of the molecule is C/C=C/CCCCCCCO[C@@H](CO)[C@@H]1OC[C@@H](O)[C@@H]1O. The number of hydrogen-bond donors (Lipinski definition) is 3. The lowest BCUT2D eigenvalue weighted by Crippen LogP contribution is -2.42. The lowest BCUT2D eigenvalue weighted by molar-refractivity contribution is -0.101. The minimum Gasteiger partial charge on any atom is -0.394 e. The van der Waals surface area contributed by atoms with Crippen molar-refractivity contribution in [3.63, 3.8) is 0 Å². The first-order chi connectivity index (χ1) is 10.2. The fraction of sp³-hybridized carbons (Fsp3) is 0.875. The highest BCUT2D eigenvalue weighted by Crippen LogP contribution is 2.19. The molecule has 0 amide bonds. The summed E-state index contributed by atoms with van der Waals surface area (Å²) in [6, 6.07) is 0. The molecule has 1 saturated heterocycles. The number of unbranched alkanes of at least 4 members (excludes halogenated alkanes) is 5. The first-order valence-electron chi connectivity index (χ1n) is 8.02. The van der Waals surface area contributed by atoms with Crippen molar-refractivity contribution in [1.82, 2.24) is 0 Å². The molecule has 0 aromatic heterocycles. The number of ether oxygens (including phenoxy) is 2. The Balaban J connectivity index is 2.05. The Morgan fingerprint density at radius 2 is 1.90 bits per heavy atom. The van der Waals surface area contributed by atoms with Crippen molar-refractivity contribution in [1.29, 1.82) is 0 Å². The zero-order chi connectivity index (χ0) is 15.5. The largest absolute Gasteiger partial charge is 0.394 e. The van der Waals surface area contributed by atoms with Crippen LogP contribution in [0.15, 0.2) is 12.2 Å². The molecule has 124 valence electrons. The van der Waals surface area contributed by atoms with Gasteiger partial charge in [0.1, 0.15) is 24.4 Å². The number of hydrogen-bond acceptors (Lipinski definition) is 5. The number of aliphatic hydroxyl groups excluding tert-OH is 3. The van der Waals surface area contributed by atoms with Gasteiger partial charge in [0, 0.05) is 6.61 Å². The first-order valence-corrected chi connectivity index (χ1v) is 8.02. The van der Waals surface area contributed by atoms with Crippen LogP contribution in [0.5, 0.6) is 0 Å². The predicted octanol–water partition coefficient (Wildman–Crippen LogP) is 1.40. The van der Waals surface area contributed by atoms with E-state index >= 15 is 0 Å². The van der Waals surface area contributed by atoms with Crippen LogP contribution in [0.1, 0.15) is 45.4 Å². The lowest BCUT2D eigenvalue weighted by atomic mass is 10.1. The number of aliphatic hydroxyl groups is 3. The average Bonchev–Trinajstić information content (AvgIpc) is 2.82. The average molecular weight is 302 g/mol. The highest BCUT2D eigenvalue weighted by atomic mass is 16.6. The summed E-state index contributed by atoms with van der Waals surface area (Å²) in [4.78, 5) is 0. The molecule has 0 aliphatic carbocycles. The molecule has 21 heavy (non-hydrogen) atoms. The highest BCUT2D eigenvalue weighted by Gasteiger charge is 2.40. The van der Waals surface area contributed by atoms with Gasteiger partial charge in [0.05, 0.1) is 13.2 Å². The van der Waals surface area contributed by atoms with Crippen LogP contribution in [0.2, 0.25) is 0 Å². The van der Waals surface area contributed by atoms with Crippen molar-refractivity contribution in [3.8, 4) is 0 Å². The molecule has 1 rings (SSSR count). The quantitative estimate of drug-likeness (QED) is 0.397. The summed E-state index contributed by atoms with van der Waals surface area (Å²) in [5.41, 5.74) is 0. The smallest absolute Gasteiger partial charge is 0.114 e. The van der Waals surface area contributed by atoms with E-state index < -0.39 is 24.4 Å². The molecule has 0 unspecified atom stereocenters. The van der Waals surface area contributed by atoms with Crippen molar-refractivity contribution >= 4 is 0 Å². The third-order valence-electron chi connectivity index (χ3n) is 3.82. The van der Waals surface area contributed by atoms with Gasteiger partial charge in [-0.1, -0.05) is 31.4 Å². The first kappa shape index (κ1) is 18.6. The van der Waals surface area contributed by atoms with Crippen LogP contribution in [0.4, 0.5) is 0 Å². The Labute approximate surface area is 127 Å². The molecule has 1 fully saturated rings. The molecular formula is C16H30O5. The highest BCUT2D eigenvalue weighted by molar-refractivity contribution is 4.88. The molecule has 0 aromatic rings. The van der Waals surface area contributed by atoms with Gasteiger partial charge >= 0.3 is 0 Å². The normalized spacial score (nSPS) is 27.5. The summed E-state index contributed by atoms with van der Waals surface area (Å²) in [6.45, 7) is 2.47. The molecule has 0 saturated carbocycles. The van der Waals surface area contributed by atoms with E-state index in [1.807, 2.05) is 6.92 Å². The molecule has 0 spiro atoms. The molecule has 5 nitrogen and oxygen atoms in total. The van der Waals surface area contributed by atoms with Gasteiger partial charge < -0.3 is 24.8 Å². The van der Waals surface area contributed by atoms with Crippen LogP contribution < -0.4 is 0 Å². The van der Waals surface area contributed by atoms with Crippen LogP contribution in [0.25, 0.3) is 0 Å². The molecular weight excluding hydrogens is 272 g/mol. The topological polar surface area (TPSA) is 79.2 Å². The van der Waals surface area contributed by atoms with E-state index in [0.29, 0.717) is 6.61 Å². The van der Waals surface area contributed by atoms with Crippen molar-refractivity contribution in [3.05, 3.63) is 12.2 Å². The van der Waals surface area contributed by atoms with Gasteiger partial charge in [-0.25, -0.2) is 0 Å². The van der Waals surface area contributed by atoms with Gasteiger partial charge in [-0.3, -0.25) is 0 Å². The Morgan fingerprint density at radius 3 is 2.52 bits per heavy atom. The Bertz CT molecular complexity index is 282. The van der Waals surface area contributed by atoms with Crippen LogP contribution in [-0.4, -0.2) is 59.6 Å². The zero-order valence-corrected chi connectivity index (χ0v) is 13.0. The molecule has 1 aliphatic heterocycles. The number of rotatable bonds is 11. The van der Waals surface area contributed by atoms with Crippen molar-refractivity contribution in [2.45, 2.75) is 69.9 Å². The van der Waals surface area contributed by atoms with Gasteiger partial charge in [-0.05, 0) is 26.2 Å². The zero-order valence-electron chi connectivity index (χ0n) is 13.0. The third kappa shape index (κ3) is 6.89. The van der Waals surface area contributed by atoms with Crippen molar-refractivity contribution < 1.29 is 24.8 Å². The standard InChI is InChI=1S/C16H30O5/c1-2-3-4-5-6-7-8-9-10-20-14(11-17)16-15(19)13(18)12-21-16/h2-3,13-19H,4-12H2,1H3/b3-2+/t13-,14+,15+,16+/m1/s1. The number of allylic oxidation sites excluding steroid dienone is 2. The molecule has 0 bridgehead atoms. The van der Waals surface area contributed by atoms with Gasteiger partial charge in [-0.2, -0.15) is 0 Å². The second-order valence-electron chi connectivity index (χ2n) is 5.57. The Kier molecular flexibility index (Phi) is 9.87. The van der Waals surface area contributed by atoms with Crippen molar-refractivity contribution in [2.75, 3.05) is 19.8 Å². The van der Waals surface area contributed by atoms with E-state index in [1.54, 1.807) is 0 Å². The maximum absolute atomic E-state index is 9.73. The van der Waals surface area contributed by atoms with Gasteiger partial charge in [0.15, 0.2) is 0 Å². The molecule has 0 radical (unpaired) electrons. The van der Waals surface area contributed by atoms with Crippen LogP contribution in [0.3, 0.4) is 0 Å². The minimum absolute atomic E-state index is 0.0951. The maximum atomic E-state index is 9.73. The van der Waals surface area contributed by atoms with E-state index in [2.05, 4.69) is 12.2 Å². The van der Waals surface area contributed by atoms with E-state index in [-0.39, 0.29) is 13.2 Å². The monoisotopic (exact) mass is 302 g/mol. The molecule has 5 heteroatoms. The second kappa shape index (κ2) is 11.2. The fourth-order valence-corrected chi connectivity index (χ4v) is 2.50. The van der Waals surface area contributed by atoms with E-state index in [0.717, 1.165) is 19.3 Å². The summed E-state index contributed by atoms with van der Waals surface area (Å²) >= 11 is 0. The van der Waals surface area contributed by atoms with Crippen LogP contribution in [-0.2, 0) is 9.47 Å². The maximum Gasteiger partial charge on any atom is 0.114 e. The van der Waals surface area contributed by atoms with Gasteiger partial charge in [0.2, 0.25) is 0 Å². The molecule has 4 atom stereocenters. The fourth-order valence-electron chi connectivity index (χ4n) is 2.50. The van der Waals surface area contributed by atoms with E-state index in [4.69, 9.17) is 9.47 Å². The molecule has 1 heterocycles. The van der Waals surface area contributed by atoms with Crippen LogP contribution >= 0.6 is 0 Å². The molecule has 3 N–H and O–H groups in total. The predicted molar refractivity (Wildman–Crippen MR) is 81.1 cm³/mol. The molecule has 0 aromatic carbocycles. The lowest BCUT2D eigenvalue weighted by Gasteiger charge is -2.24. The van der Waals surface area contributed by atoms with E-state index in [1.165, 1.54) is 19.3 Å². The second-order valence-corrected chi connectivity index (χ2v) is 5.57. The molecule has 1 aliphatic rings.